The smallest absolute Gasteiger partial charge is 0.261 e. The fraction of sp³-hybridized carbons (Fsp3) is 0.333. The number of hydrogen-bond donors (Lipinski definition) is 2. The second kappa shape index (κ2) is 6.88. The Bertz CT molecular complexity index is 886. The molecule has 0 aliphatic heterocycles. The molecular formula is C18H20N4O3. The summed E-state index contributed by atoms with van der Waals surface area (Å²) in [6, 6.07) is 5.08. The number of fused-ring (bicyclic) bond motifs is 1. The number of carbonyl (C=O) groups is 2. The second-order valence-corrected chi connectivity index (χ2v) is 6.28. The number of aromatic amines is 1. The molecule has 0 fully saturated rings. The molecule has 1 amide bonds. The third kappa shape index (κ3) is 3.60. The van der Waals surface area contributed by atoms with Crippen molar-refractivity contribution in [3.05, 3.63) is 57.1 Å². The number of amides is 1. The minimum atomic E-state index is -0.495. The molecule has 0 unspecified atom stereocenters. The normalized spacial score (nSPS) is 13.3. The molecule has 0 aromatic carbocycles. The zero-order valence-electron chi connectivity index (χ0n) is 14.3. The number of aryl methyl sites for hydroxylation is 1. The minimum absolute atomic E-state index is 0.0312. The number of Topliss-reactive ketones (excluding diaryl/α,β-unsaturated/α-hetero) is 1. The number of anilines is 1. The van der Waals surface area contributed by atoms with Crippen LogP contribution in [0.5, 0.6) is 0 Å². The van der Waals surface area contributed by atoms with Crippen LogP contribution < -0.4 is 15.8 Å². The standard InChI is InChI=1S/C18H20N4O3/c1-22(2)16-8-11(6-7-19-16)10-20-17(24)13-9-12-14(21-18(13)25)4-3-5-15(12)23/h6-9H,3-5,10H2,1-2H3,(H,20,24)(H,21,25). The number of carbonyl (C=O) groups excluding carboxylic acids is 2. The van der Waals surface area contributed by atoms with Crippen molar-refractivity contribution in [3.8, 4) is 0 Å². The Morgan fingerprint density at radius 3 is 2.84 bits per heavy atom. The Labute approximate surface area is 145 Å². The van der Waals surface area contributed by atoms with E-state index in [9.17, 15) is 14.4 Å². The van der Waals surface area contributed by atoms with Crippen molar-refractivity contribution in [2.24, 2.45) is 0 Å². The van der Waals surface area contributed by atoms with E-state index in [1.165, 1.54) is 6.07 Å². The summed E-state index contributed by atoms with van der Waals surface area (Å²) in [4.78, 5) is 45.3. The van der Waals surface area contributed by atoms with Gasteiger partial charge in [0.15, 0.2) is 5.78 Å². The molecule has 25 heavy (non-hydrogen) atoms. The summed E-state index contributed by atoms with van der Waals surface area (Å²) in [5.41, 5.74) is 1.46. The lowest BCUT2D eigenvalue weighted by atomic mass is 9.93. The van der Waals surface area contributed by atoms with Crippen molar-refractivity contribution in [1.82, 2.24) is 15.3 Å². The predicted molar refractivity (Wildman–Crippen MR) is 94.1 cm³/mol. The van der Waals surface area contributed by atoms with Gasteiger partial charge in [-0.25, -0.2) is 4.98 Å². The van der Waals surface area contributed by atoms with Gasteiger partial charge in [-0.1, -0.05) is 0 Å². The predicted octanol–water partition coefficient (Wildman–Crippen LogP) is 1.28. The summed E-state index contributed by atoms with van der Waals surface area (Å²) >= 11 is 0. The highest BCUT2D eigenvalue weighted by Crippen LogP contribution is 2.18. The lowest BCUT2D eigenvalue weighted by molar-refractivity contribution is 0.0949. The zero-order chi connectivity index (χ0) is 18.0. The molecule has 1 aliphatic rings. The van der Waals surface area contributed by atoms with Crippen molar-refractivity contribution >= 4 is 17.5 Å². The Hall–Kier alpha value is -2.96. The highest BCUT2D eigenvalue weighted by atomic mass is 16.2. The van der Waals surface area contributed by atoms with Gasteiger partial charge in [-0.3, -0.25) is 14.4 Å². The monoisotopic (exact) mass is 340 g/mol. The quantitative estimate of drug-likeness (QED) is 0.874. The average Bonchev–Trinajstić information content (AvgIpc) is 2.59. The van der Waals surface area contributed by atoms with E-state index in [2.05, 4.69) is 15.3 Å². The average molecular weight is 340 g/mol. The molecular weight excluding hydrogens is 320 g/mol. The summed E-state index contributed by atoms with van der Waals surface area (Å²) in [5.74, 6) is 0.255. The molecule has 0 spiro atoms. The molecule has 0 saturated carbocycles. The molecule has 2 aromatic rings. The molecule has 130 valence electrons. The van der Waals surface area contributed by atoms with Crippen molar-refractivity contribution < 1.29 is 9.59 Å². The van der Waals surface area contributed by atoms with Crippen LogP contribution in [0, 0.1) is 0 Å². The lowest BCUT2D eigenvalue weighted by Crippen LogP contribution is -2.31. The maximum absolute atomic E-state index is 12.4. The van der Waals surface area contributed by atoms with Crippen LogP contribution in [-0.4, -0.2) is 35.8 Å². The second-order valence-electron chi connectivity index (χ2n) is 6.28. The Balaban J connectivity index is 1.78. The lowest BCUT2D eigenvalue weighted by Gasteiger charge is -2.15. The van der Waals surface area contributed by atoms with Gasteiger partial charge in [-0.15, -0.1) is 0 Å². The Morgan fingerprint density at radius 1 is 1.28 bits per heavy atom. The van der Waals surface area contributed by atoms with E-state index in [-0.39, 0.29) is 17.9 Å². The van der Waals surface area contributed by atoms with Crippen molar-refractivity contribution in [1.29, 1.82) is 0 Å². The maximum Gasteiger partial charge on any atom is 0.261 e. The molecule has 0 radical (unpaired) electrons. The van der Waals surface area contributed by atoms with E-state index < -0.39 is 11.5 Å². The molecule has 2 N–H and O–H groups in total. The molecule has 2 aromatic heterocycles. The third-order valence-corrected chi connectivity index (χ3v) is 4.22. The summed E-state index contributed by atoms with van der Waals surface area (Å²) in [7, 11) is 3.77. The number of aromatic nitrogens is 2. The van der Waals surface area contributed by atoms with E-state index in [4.69, 9.17) is 0 Å². The maximum atomic E-state index is 12.4. The highest BCUT2D eigenvalue weighted by molar-refractivity contribution is 6.01. The van der Waals surface area contributed by atoms with E-state index >= 15 is 0 Å². The van der Waals surface area contributed by atoms with Gasteiger partial charge < -0.3 is 15.2 Å². The molecule has 1 aliphatic carbocycles. The molecule has 0 saturated heterocycles. The molecule has 0 bridgehead atoms. The SMILES string of the molecule is CN(C)c1cc(CNC(=O)c2cc3c([nH]c2=O)CCCC3=O)ccn1. The van der Waals surface area contributed by atoms with Gasteiger partial charge in [0.1, 0.15) is 11.4 Å². The molecule has 0 atom stereocenters. The number of hydrogen-bond acceptors (Lipinski definition) is 5. The highest BCUT2D eigenvalue weighted by Gasteiger charge is 2.21. The summed E-state index contributed by atoms with van der Waals surface area (Å²) in [6.45, 7) is 0.271. The summed E-state index contributed by atoms with van der Waals surface area (Å²) < 4.78 is 0. The summed E-state index contributed by atoms with van der Waals surface area (Å²) in [5, 5.41) is 2.73. The summed E-state index contributed by atoms with van der Waals surface area (Å²) in [6.07, 6.45) is 3.50. The van der Waals surface area contributed by atoms with Crippen LogP contribution in [0.3, 0.4) is 0 Å². The van der Waals surface area contributed by atoms with Gasteiger partial charge in [0.2, 0.25) is 0 Å². The zero-order valence-corrected chi connectivity index (χ0v) is 14.3. The van der Waals surface area contributed by atoms with Gasteiger partial charge in [0, 0.05) is 44.5 Å². The van der Waals surface area contributed by atoms with Gasteiger partial charge in [0.25, 0.3) is 11.5 Å². The van der Waals surface area contributed by atoms with E-state index in [1.807, 2.05) is 25.1 Å². The number of rotatable bonds is 4. The molecule has 3 rings (SSSR count). The molecule has 2 heterocycles. The van der Waals surface area contributed by atoms with Gasteiger partial charge >= 0.3 is 0 Å². The Morgan fingerprint density at radius 2 is 2.08 bits per heavy atom. The fourth-order valence-electron chi connectivity index (χ4n) is 2.84. The van der Waals surface area contributed by atoms with Crippen LogP contribution >= 0.6 is 0 Å². The molecule has 7 nitrogen and oxygen atoms in total. The van der Waals surface area contributed by atoms with Crippen LogP contribution in [0.25, 0.3) is 0 Å². The largest absolute Gasteiger partial charge is 0.363 e. The number of pyridine rings is 2. The fourth-order valence-corrected chi connectivity index (χ4v) is 2.84. The van der Waals surface area contributed by atoms with Crippen molar-refractivity contribution in [2.45, 2.75) is 25.8 Å². The molecule has 7 heteroatoms. The van der Waals surface area contributed by atoms with Crippen LogP contribution in [-0.2, 0) is 13.0 Å². The first-order chi connectivity index (χ1) is 12.0. The van der Waals surface area contributed by atoms with Gasteiger partial charge in [0.05, 0.1) is 0 Å². The van der Waals surface area contributed by atoms with E-state index in [0.29, 0.717) is 24.1 Å². The van der Waals surface area contributed by atoms with Crippen LogP contribution in [0.2, 0.25) is 0 Å². The van der Waals surface area contributed by atoms with Gasteiger partial charge in [-0.2, -0.15) is 0 Å². The van der Waals surface area contributed by atoms with Gasteiger partial charge in [-0.05, 0) is 36.6 Å². The van der Waals surface area contributed by atoms with Crippen molar-refractivity contribution in [2.75, 3.05) is 19.0 Å². The van der Waals surface area contributed by atoms with E-state index in [1.54, 1.807) is 12.3 Å². The first-order valence-electron chi connectivity index (χ1n) is 8.15. The third-order valence-electron chi connectivity index (χ3n) is 4.22. The minimum Gasteiger partial charge on any atom is -0.363 e. The van der Waals surface area contributed by atoms with Crippen LogP contribution in [0.15, 0.2) is 29.2 Å². The first kappa shape index (κ1) is 16.9. The Kier molecular flexibility index (Phi) is 4.65. The van der Waals surface area contributed by atoms with Crippen molar-refractivity contribution in [3.63, 3.8) is 0 Å². The number of H-pyrrole nitrogens is 1. The number of ketones is 1. The number of nitrogens with zero attached hydrogens (tertiary/aromatic N) is 2. The topological polar surface area (TPSA) is 95.2 Å². The number of nitrogens with one attached hydrogen (secondary N) is 2. The first-order valence-corrected chi connectivity index (χ1v) is 8.15. The van der Waals surface area contributed by atoms with Crippen LogP contribution in [0.4, 0.5) is 5.82 Å². The van der Waals surface area contributed by atoms with Crippen LogP contribution in [0.1, 0.15) is 44.8 Å². The van der Waals surface area contributed by atoms with E-state index in [0.717, 1.165) is 17.8 Å².